The van der Waals surface area contributed by atoms with Gasteiger partial charge in [0.1, 0.15) is 6.17 Å². The summed E-state index contributed by atoms with van der Waals surface area (Å²) in [7, 11) is 0. The van der Waals surface area contributed by atoms with Gasteiger partial charge in [-0.25, -0.2) is 0 Å². The van der Waals surface area contributed by atoms with Crippen molar-refractivity contribution < 1.29 is 22.8 Å². The summed E-state index contributed by atoms with van der Waals surface area (Å²) in [6.07, 6.45) is -0.810. The van der Waals surface area contributed by atoms with Crippen LogP contribution in [0.1, 0.15) is 41.6 Å². The molecule has 2 heterocycles. The van der Waals surface area contributed by atoms with Gasteiger partial charge in [0.15, 0.2) is 6.29 Å². The Labute approximate surface area is 203 Å². The van der Waals surface area contributed by atoms with E-state index in [1.807, 2.05) is 6.07 Å². The number of halogens is 3. The summed E-state index contributed by atoms with van der Waals surface area (Å²) < 4.78 is 38.8. The first-order valence-electron chi connectivity index (χ1n) is 12.1. The normalized spacial score (nSPS) is 22.4. The fourth-order valence-electron chi connectivity index (χ4n) is 5.03. The Balaban J connectivity index is 1.28. The highest BCUT2D eigenvalue weighted by molar-refractivity contribution is 5.95. The van der Waals surface area contributed by atoms with Gasteiger partial charge in [0.05, 0.1) is 5.56 Å². The Kier molecular flexibility index (Phi) is 8.07. The number of hydrogen-bond donors (Lipinski definition) is 2. The first kappa shape index (κ1) is 25.2. The van der Waals surface area contributed by atoms with Gasteiger partial charge in [0.25, 0.3) is 5.91 Å². The van der Waals surface area contributed by atoms with Crippen molar-refractivity contribution >= 4 is 17.9 Å². The van der Waals surface area contributed by atoms with Crippen LogP contribution in [0.4, 0.5) is 18.9 Å². The molecule has 0 aliphatic carbocycles. The van der Waals surface area contributed by atoms with Crippen LogP contribution in [0.15, 0.2) is 54.6 Å². The van der Waals surface area contributed by atoms with Gasteiger partial charge >= 0.3 is 6.18 Å². The number of hydrogen-bond acceptors (Lipinski definition) is 5. The highest BCUT2D eigenvalue weighted by Gasteiger charge is 2.32. The van der Waals surface area contributed by atoms with Crippen LogP contribution in [0, 0.1) is 0 Å². The van der Waals surface area contributed by atoms with Gasteiger partial charge in [-0.15, -0.1) is 0 Å². The van der Waals surface area contributed by atoms with Crippen LogP contribution in [0.3, 0.4) is 0 Å². The van der Waals surface area contributed by atoms with Gasteiger partial charge in [-0.05, 0) is 56.0 Å². The molecule has 6 nitrogen and oxygen atoms in total. The molecule has 2 fully saturated rings. The van der Waals surface area contributed by atoms with Crippen LogP contribution in [-0.2, 0) is 11.0 Å². The molecule has 0 aromatic heterocycles. The Hall–Kier alpha value is -2.91. The first-order valence-corrected chi connectivity index (χ1v) is 12.1. The van der Waals surface area contributed by atoms with E-state index in [-0.39, 0.29) is 11.6 Å². The number of benzene rings is 2. The fraction of sp³-hybridized carbons (Fsp3) is 0.462. The lowest BCUT2D eigenvalue weighted by atomic mass is 10.1. The lowest BCUT2D eigenvalue weighted by molar-refractivity contribution is -0.137. The summed E-state index contributed by atoms with van der Waals surface area (Å²) in [5, 5.41) is 5.66. The van der Waals surface area contributed by atoms with E-state index >= 15 is 0 Å². The lowest BCUT2D eigenvalue weighted by Crippen LogP contribution is -2.51. The molecule has 2 aromatic rings. The third-order valence-corrected chi connectivity index (χ3v) is 6.85. The van der Waals surface area contributed by atoms with Crippen molar-refractivity contribution in [2.75, 3.05) is 31.1 Å². The molecule has 0 saturated carbocycles. The molecule has 2 aliphatic heterocycles. The molecular formula is C26H31F3N4O2. The number of carbonyl (C=O) groups excluding carboxylic acids is 2. The van der Waals surface area contributed by atoms with Crippen molar-refractivity contribution in [2.45, 2.75) is 50.1 Å². The highest BCUT2D eigenvalue weighted by Crippen LogP contribution is 2.29. The standard InChI is InChI=1S/C26H31F3N4O2/c27-26(28,29)20-7-4-6-19(16-20)25(35)31-24(18-34)30-21-11-14-33(17-21)23-10-5-13-32(15-12-23)22-8-2-1-3-9-22/h1-4,6-9,16,18,21,23-24,30H,5,10-15,17H2,(H,31,35)/t21-,23?,24?/m1/s1. The Morgan fingerprint density at radius 3 is 2.54 bits per heavy atom. The maximum absolute atomic E-state index is 12.9. The Morgan fingerprint density at radius 2 is 1.80 bits per heavy atom. The molecule has 2 aromatic carbocycles. The number of amides is 1. The molecule has 4 rings (SSSR count). The third kappa shape index (κ3) is 6.61. The average Bonchev–Trinajstić information content (AvgIpc) is 3.18. The fourth-order valence-corrected chi connectivity index (χ4v) is 5.03. The quantitative estimate of drug-likeness (QED) is 0.460. The SMILES string of the molecule is O=CC(NC(=O)c1cccc(C(F)(F)F)c1)N[C@@H]1CCN(C2CCCN(c3ccccc3)CC2)C1. The van der Waals surface area contributed by atoms with Gasteiger partial charge in [-0.3, -0.25) is 19.8 Å². The molecule has 0 bridgehead atoms. The monoisotopic (exact) mass is 488 g/mol. The second kappa shape index (κ2) is 11.2. The van der Waals surface area contributed by atoms with Crippen molar-refractivity contribution in [2.24, 2.45) is 0 Å². The number of alkyl halides is 3. The number of rotatable bonds is 7. The van der Waals surface area contributed by atoms with Crippen LogP contribution in [0.2, 0.25) is 0 Å². The molecule has 2 aliphatic rings. The molecular weight excluding hydrogens is 457 g/mol. The first-order chi connectivity index (χ1) is 16.8. The lowest BCUT2D eigenvalue weighted by Gasteiger charge is -2.28. The molecule has 2 unspecified atom stereocenters. The predicted molar refractivity (Wildman–Crippen MR) is 128 cm³/mol. The zero-order valence-corrected chi connectivity index (χ0v) is 19.5. The van der Waals surface area contributed by atoms with Crippen LogP contribution in [0.25, 0.3) is 0 Å². The summed E-state index contributed by atoms with van der Waals surface area (Å²) in [5.41, 5.74) is 0.212. The number of para-hydroxylation sites is 1. The summed E-state index contributed by atoms with van der Waals surface area (Å²) >= 11 is 0. The molecule has 0 spiro atoms. The molecule has 9 heteroatoms. The average molecular weight is 489 g/mol. The van der Waals surface area contributed by atoms with Gasteiger partial charge in [0, 0.05) is 49.5 Å². The third-order valence-electron chi connectivity index (χ3n) is 6.85. The summed E-state index contributed by atoms with van der Waals surface area (Å²) in [6, 6.07) is 15.1. The molecule has 35 heavy (non-hydrogen) atoms. The molecule has 3 atom stereocenters. The molecule has 188 valence electrons. The van der Waals surface area contributed by atoms with E-state index in [0.717, 1.165) is 64.0 Å². The maximum atomic E-state index is 12.9. The topological polar surface area (TPSA) is 64.7 Å². The Morgan fingerprint density at radius 1 is 1.00 bits per heavy atom. The number of carbonyl (C=O) groups is 2. The molecule has 0 radical (unpaired) electrons. The predicted octanol–water partition coefficient (Wildman–Crippen LogP) is 3.68. The van der Waals surface area contributed by atoms with Crippen molar-refractivity contribution in [1.82, 2.24) is 15.5 Å². The molecule has 2 N–H and O–H groups in total. The number of anilines is 1. The number of aldehydes is 1. The number of nitrogens with zero attached hydrogens (tertiary/aromatic N) is 2. The highest BCUT2D eigenvalue weighted by atomic mass is 19.4. The van der Waals surface area contributed by atoms with E-state index in [9.17, 15) is 22.8 Å². The maximum Gasteiger partial charge on any atom is 0.416 e. The number of nitrogens with one attached hydrogen (secondary N) is 2. The zero-order valence-electron chi connectivity index (χ0n) is 19.5. The summed E-state index contributed by atoms with van der Waals surface area (Å²) in [6.45, 7) is 3.69. The van der Waals surface area contributed by atoms with Crippen LogP contribution in [-0.4, -0.2) is 61.5 Å². The van der Waals surface area contributed by atoms with E-state index < -0.39 is 23.8 Å². The smallest absolute Gasteiger partial charge is 0.371 e. The van der Waals surface area contributed by atoms with Crippen molar-refractivity contribution in [3.05, 3.63) is 65.7 Å². The van der Waals surface area contributed by atoms with Crippen LogP contribution in [0.5, 0.6) is 0 Å². The van der Waals surface area contributed by atoms with Gasteiger partial charge in [-0.2, -0.15) is 13.2 Å². The summed E-state index contributed by atoms with van der Waals surface area (Å²) in [5.74, 6) is -0.722. The molecule has 1 amide bonds. The van der Waals surface area contributed by atoms with Gasteiger partial charge in [0.2, 0.25) is 0 Å². The van der Waals surface area contributed by atoms with Crippen molar-refractivity contribution in [3.63, 3.8) is 0 Å². The van der Waals surface area contributed by atoms with Crippen molar-refractivity contribution in [3.8, 4) is 0 Å². The molecule has 2 saturated heterocycles. The summed E-state index contributed by atoms with van der Waals surface area (Å²) in [4.78, 5) is 29.0. The van der Waals surface area contributed by atoms with Crippen LogP contribution >= 0.6 is 0 Å². The number of likely N-dealkylation sites (tertiary alicyclic amines) is 1. The van der Waals surface area contributed by atoms with Crippen LogP contribution < -0.4 is 15.5 Å². The van der Waals surface area contributed by atoms with E-state index in [4.69, 9.17) is 0 Å². The van der Waals surface area contributed by atoms with Crippen molar-refractivity contribution in [1.29, 1.82) is 0 Å². The van der Waals surface area contributed by atoms with Gasteiger partial charge in [-0.1, -0.05) is 24.3 Å². The van der Waals surface area contributed by atoms with E-state index in [1.165, 1.54) is 17.8 Å². The largest absolute Gasteiger partial charge is 0.416 e. The van der Waals surface area contributed by atoms with E-state index in [0.29, 0.717) is 12.3 Å². The minimum atomic E-state index is -4.54. The minimum Gasteiger partial charge on any atom is -0.371 e. The minimum absolute atomic E-state index is 0.0143. The van der Waals surface area contributed by atoms with E-state index in [2.05, 4.69) is 44.7 Å². The van der Waals surface area contributed by atoms with Gasteiger partial charge < -0.3 is 10.2 Å². The van der Waals surface area contributed by atoms with E-state index in [1.54, 1.807) is 0 Å². The second-order valence-corrected chi connectivity index (χ2v) is 9.22. The second-order valence-electron chi connectivity index (χ2n) is 9.22. The Bertz CT molecular complexity index is 1000. The zero-order chi connectivity index (χ0) is 24.8.